The van der Waals surface area contributed by atoms with Gasteiger partial charge in [0.15, 0.2) is 11.6 Å². The Labute approximate surface area is 184 Å². The largest absolute Gasteiger partial charge is 0.416 e. The molecule has 3 aromatic rings. The van der Waals surface area contributed by atoms with E-state index in [1.54, 1.807) is 24.4 Å². The van der Waals surface area contributed by atoms with Crippen LogP contribution in [0, 0.1) is 0 Å². The zero-order valence-electron chi connectivity index (χ0n) is 18.4. The molecule has 2 aromatic heterocycles. The van der Waals surface area contributed by atoms with E-state index in [1.807, 2.05) is 4.57 Å². The van der Waals surface area contributed by atoms with Crippen LogP contribution in [-0.2, 0) is 19.3 Å². The molecule has 4 rings (SSSR count). The zero-order valence-corrected chi connectivity index (χ0v) is 18.4. The molecule has 6 nitrogen and oxygen atoms in total. The van der Waals surface area contributed by atoms with Crippen LogP contribution in [0.4, 0.5) is 13.2 Å². The fraction of sp³-hybridized carbons (Fsp3) is 0.391. The highest BCUT2D eigenvalue weighted by Crippen LogP contribution is 2.34. The van der Waals surface area contributed by atoms with Crippen LogP contribution in [0.2, 0.25) is 0 Å². The van der Waals surface area contributed by atoms with Crippen molar-refractivity contribution in [2.45, 2.75) is 59.0 Å². The highest BCUT2D eigenvalue weighted by molar-refractivity contribution is 6.14. The summed E-state index contributed by atoms with van der Waals surface area (Å²) in [7, 11) is 0. The molecule has 3 heterocycles. The molecule has 0 aliphatic carbocycles. The van der Waals surface area contributed by atoms with Crippen LogP contribution in [0.15, 0.2) is 47.6 Å². The summed E-state index contributed by atoms with van der Waals surface area (Å²) in [6, 6.07) is 9.54. The number of benzene rings is 1. The number of rotatable bonds is 5. The van der Waals surface area contributed by atoms with Gasteiger partial charge >= 0.3 is 6.18 Å². The number of aliphatic imine (C=N–C) groups is 1. The molecule has 1 aliphatic heterocycles. The molecule has 0 unspecified atom stereocenters. The van der Waals surface area contributed by atoms with E-state index in [0.717, 1.165) is 12.1 Å². The van der Waals surface area contributed by atoms with Crippen molar-refractivity contribution in [3.8, 4) is 5.69 Å². The van der Waals surface area contributed by atoms with Crippen molar-refractivity contribution in [3.05, 3.63) is 71.1 Å². The molecule has 1 aromatic carbocycles. The fourth-order valence-electron chi connectivity index (χ4n) is 4.02. The molecule has 9 heteroatoms. The Kier molecular flexibility index (Phi) is 5.85. The predicted molar refractivity (Wildman–Crippen MR) is 116 cm³/mol. The normalized spacial score (nSPS) is 13.9. The van der Waals surface area contributed by atoms with E-state index >= 15 is 0 Å². The molecular weight excluding hydrogens is 417 g/mol. The van der Waals surface area contributed by atoms with Gasteiger partial charge in [0.25, 0.3) is 0 Å². The number of hydrogen-bond donors (Lipinski definition) is 0. The van der Waals surface area contributed by atoms with Gasteiger partial charge in [0.1, 0.15) is 6.54 Å². The van der Waals surface area contributed by atoms with Gasteiger partial charge in [0.2, 0.25) is 0 Å². The summed E-state index contributed by atoms with van der Waals surface area (Å²) in [5, 5.41) is 8.70. The van der Waals surface area contributed by atoms with Gasteiger partial charge in [-0.3, -0.25) is 19.4 Å². The van der Waals surface area contributed by atoms with Crippen LogP contribution in [0.1, 0.15) is 56.2 Å². The van der Waals surface area contributed by atoms with Crippen molar-refractivity contribution >= 4 is 5.71 Å². The minimum absolute atomic E-state index is 0.193. The van der Waals surface area contributed by atoms with E-state index in [-0.39, 0.29) is 18.6 Å². The minimum atomic E-state index is -4.47. The van der Waals surface area contributed by atoms with Crippen molar-refractivity contribution in [2.75, 3.05) is 0 Å². The monoisotopic (exact) mass is 442 g/mol. The third kappa shape index (κ3) is 4.17. The molecule has 168 valence electrons. The highest BCUT2D eigenvalue weighted by Gasteiger charge is 2.33. The Morgan fingerprint density at radius 3 is 2.41 bits per heavy atom. The molecule has 32 heavy (non-hydrogen) atoms. The van der Waals surface area contributed by atoms with E-state index in [9.17, 15) is 13.2 Å². The van der Waals surface area contributed by atoms with E-state index in [4.69, 9.17) is 0 Å². The summed E-state index contributed by atoms with van der Waals surface area (Å²) in [4.78, 5) is 11.2. The number of alkyl halides is 3. The van der Waals surface area contributed by atoms with Crippen LogP contribution >= 0.6 is 0 Å². The minimum Gasteiger partial charge on any atom is -0.291 e. The predicted octanol–water partition coefficient (Wildman–Crippen LogP) is 4.65. The molecule has 0 fully saturated rings. The Morgan fingerprint density at radius 2 is 1.78 bits per heavy atom. The number of aromatic nitrogens is 4. The maximum Gasteiger partial charge on any atom is 0.416 e. The van der Waals surface area contributed by atoms with E-state index < -0.39 is 11.7 Å². The number of hydrogen-bond acceptors (Lipinski definition) is 5. The average molecular weight is 442 g/mol. The van der Waals surface area contributed by atoms with Gasteiger partial charge < -0.3 is 0 Å². The second kappa shape index (κ2) is 8.46. The Hall–Kier alpha value is -3.07. The second-order valence-corrected chi connectivity index (χ2v) is 8.34. The molecule has 0 saturated heterocycles. The smallest absolute Gasteiger partial charge is 0.291 e. The molecule has 0 bridgehead atoms. The van der Waals surface area contributed by atoms with Gasteiger partial charge in [-0.1, -0.05) is 6.07 Å². The van der Waals surface area contributed by atoms with Crippen LogP contribution in [0.25, 0.3) is 5.69 Å². The molecule has 0 saturated carbocycles. The summed E-state index contributed by atoms with van der Waals surface area (Å²) in [5.74, 6) is 1.25. The zero-order chi connectivity index (χ0) is 23.0. The molecule has 1 aliphatic rings. The molecule has 0 atom stereocenters. The number of fused-ring (bicyclic) bond motifs is 3. The topological polar surface area (TPSA) is 59.2 Å². The molecular formula is C23H25F3N6. The van der Waals surface area contributed by atoms with Crippen molar-refractivity contribution in [1.29, 1.82) is 0 Å². The molecule has 0 radical (unpaired) electrons. The lowest BCUT2D eigenvalue weighted by molar-refractivity contribution is -0.137. The van der Waals surface area contributed by atoms with Gasteiger partial charge in [0, 0.05) is 23.8 Å². The van der Waals surface area contributed by atoms with Gasteiger partial charge in [-0.05, 0) is 58.0 Å². The summed E-state index contributed by atoms with van der Waals surface area (Å²) in [6.07, 6.45) is -2.87. The van der Waals surface area contributed by atoms with E-state index in [0.29, 0.717) is 40.9 Å². The lowest BCUT2D eigenvalue weighted by Gasteiger charge is -2.30. The van der Waals surface area contributed by atoms with Crippen LogP contribution in [-0.4, -0.2) is 42.4 Å². The average Bonchev–Trinajstić information content (AvgIpc) is 3.06. The first kappa shape index (κ1) is 22.1. The first-order valence-corrected chi connectivity index (χ1v) is 10.5. The molecule has 0 spiro atoms. The maximum absolute atomic E-state index is 13.6. The highest BCUT2D eigenvalue weighted by atomic mass is 19.4. The maximum atomic E-state index is 13.6. The molecule has 0 N–H and O–H groups in total. The van der Waals surface area contributed by atoms with Crippen LogP contribution < -0.4 is 0 Å². The first-order valence-electron chi connectivity index (χ1n) is 10.5. The van der Waals surface area contributed by atoms with E-state index in [2.05, 4.69) is 52.8 Å². The van der Waals surface area contributed by atoms with Crippen molar-refractivity contribution in [1.82, 2.24) is 24.6 Å². The number of nitrogens with zero attached hydrogens (tertiary/aromatic N) is 6. The first-order chi connectivity index (χ1) is 15.2. The summed E-state index contributed by atoms with van der Waals surface area (Å²) in [5.41, 5.74) is 1.12. The number of pyridine rings is 1. The Morgan fingerprint density at radius 1 is 1.03 bits per heavy atom. The van der Waals surface area contributed by atoms with Gasteiger partial charge in [0.05, 0.1) is 29.2 Å². The fourth-order valence-corrected chi connectivity index (χ4v) is 4.02. The third-order valence-electron chi connectivity index (χ3n) is 5.55. The van der Waals surface area contributed by atoms with E-state index in [1.165, 1.54) is 6.07 Å². The van der Waals surface area contributed by atoms with Gasteiger partial charge in [-0.2, -0.15) is 13.2 Å². The lowest BCUT2D eigenvalue weighted by atomic mass is 10.0. The number of halogens is 3. The second-order valence-electron chi connectivity index (χ2n) is 8.34. The summed E-state index contributed by atoms with van der Waals surface area (Å²) in [6.45, 7) is 9.12. The van der Waals surface area contributed by atoms with Crippen molar-refractivity contribution in [3.63, 3.8) is 0 Å². The Bertz CT molecular complexity index is 1120. The van der Waals surface area contributed by atoms with Crippen molar-refractivity contribution in [2.24, 2.45) is 4.99 Å². The quantitative estimate of drug-likeness (QED) is 0.577. The van der Waals surface area contributed by atoms with Gasteiger partial charge in [-0.15, -0.1) is 10.2 Å². The lowest BCUT2D eigenvalue weighted by Crippen LogP contribution is -2.37. The molecule has 0 amide bonds. The summed E-state index contributed by atoms with van der Waals surface area (Å²) >= 11 is 0. The van der Waals surface area contributed by atoms with Crippen LogP contribution in [0.5, 0.6) is 0 Å². The SMILES string of the molecule is CC(C)N(Cc1nnc2n1-c1ccc(C(F)(F)F)cc1C(c1ccccn1)=NC2)C(C)C. The summed E-state index contributed by atoms with van der Waals surface area (Å²) < 4.78 is 42.5. The van der Waals surface area contributed by atoms with Gasteiger partial charge in [-0.25, -0.2) is 0 Å². The van der Waals surface area contributed by atoms with Crippen molar-refractivity contribution < 1.29 is 13.2 Å². The standard InChI is InChI=1S/C23H25F3N6/c1-14(2)31(15(3)4)13-21-30-29-20-12-28-22(18-7-5-6-10-27-18)17-11-16(23(24,25)26)8-9-19(17)32(20)21/h5-11,14-15H,12-13H2,1-4H3. The Balaban J connectivity index is 1.90. The van der Waals surface area contributed by atoms with Crippen LogP contribution in [0.3, 0.4) is 0 Å². The third-order valence-corrected chi connectivity index (χ3v) is 5.55.